The van der Waals surface area contributed by atoms with E-state index in [0.29, 0.717) is 28.8 Å². The second-order valence-corrected chi connectivity index (χ2v) is 6.91. The first-order valence-corrected chi connectivity index (χ1v) is 9.70. The molecule has 0 aliphatic carbocycles. The molecule has 0 aliphatic rings. The van der Waals surface area contributed by atoms with Crippen molar-refractivity contribution in [3.63, 3.8) is 0 Å². The minimum Gasteiger partial charge on any atom is -0.326 e. The van der Waals surface area contributed by atoms with Gasteiger partial charge in [-0.3, -0.25) is 9.59 Å². The number of carbonyl (C=O) groups is 1. The zero-order chi connectivity index (χ0) is 18.4. The Hall–Kier alpha value is -2.08. The number of aromatic nitrogens is 2. The maximum atomic E-state index is 12.2. The van der Waals surface area contributed by atoms with Crippen LogP contribution in [0.15, 0.2) is 34.2 Å². The van der Waals surface area contributed by atoms with Gasteiger partial charge in [0.1, 0.15) is 0 Å². The summed E-state index contributed by atoms with van der Waals surface area (Å²) in [5, 5.41) is 3.48. The molecule has 5 nitrogen and oxygen atoms in total. The number of rotatable bonds is 7. The van der Waals surface area contributed by atoms with E-state index in [1.807, 2.05) is 30.5 Å². The lowest BCUT2D eigenvalue weighted by atomic mass is 9.98. The number of carbonyl (C=O) groups excluding carboxylic acids is 1. The lowest BCUT2D eigenvalue weighted by Crippen LogP contribution is -2.20. The molecule has 0 radical (unpaired) electrons. The fourth-order valence-corrected chi connectivity index (χ4v) is 2.99. The first-order chi connectivity index (χ1) is 11.9. The molecular weight excluding hydrogens is 334 g/mol. The van der Waals surface area contributed by atoms with Gasteiger partial charge < -0.3 is 10.3 Å². The molecule has 1 aromatic heterocycles. The molecule has 1 heterocycles. The highest BCUT2D eigenvalue weighted by Crippen LogP contribution is 2.20. The Labute approximate surface area is 152 Å². The van der Waals surface area contributed by atoms with Crippen LogP contribution < -0.4 is 10.9 Å². The summed E-state index contributed by atoms with van der Waals surface area (Å²) in [6.45, 7) is 6.14. The number of hydrogen-bond acceptors (Lipinski definition) is 4. The van der Waals surface area contributed by atoms with Gasteiger partial charge in [0.2, 0.25) is 5.91 Å². The number of H-pyrrole nitrogens is 1. The molecule has 0 saturated carbocycles. The van der Waals surface area contributed by atoms with E-state index < -0.39 is 0 Å². The van der Waals surface area contributed by atoms with Crippen molar-refractivity contribution in [1.29, 1.82) is 0 Å². The quantitative estimate of drug-likeness (QED) is 0.581. The molecule has 2 aromatic rings. The first-order valence-electron chi connectivity index (χ1n) is 8.48. The van der Waals surface area contributed by atoms with E-state index in [9.17, 15) is 9.59 Å². The Balaban J connectivity index is 1.96. The third kappa shape index (κ3) is 5.19. The molecule has 1 amide bonds. The van der Waals surface area contributed by atoms with Gasteiger partial charge in [-0.1, -0.05) is 37.7 Å². The van der Waals surface area contributed by atoms with Crippen LogP contribution in [0.25, 0.3) is 0 Å². The van der Waals surface area contributed by atoms with Gasteiger partial charge in [-0.15, -0.1) is 0 Å². The summed E-state index contributed by atoms with van der Waals surface area (Å²) in [5.41, 5.74) is 3.13. The molecule has 134 valence electrons. The minimum absolute atomic E-state index is 0.107. The average Bonchev–Trinajstić information content (AvgIpc) is 2.60. The summed E-state index contributed by atoms with van der Waals surface area (Å²) in [4.78, 5) is 31.3. The van der Waals surface area contributed by atoms with Gasteiger partial charge in [-0.2, -0.15) is 0 Å². The Morgan fingerprint density at radius 3 is 2.56 bits per heavy atom. The summed E-state index contributed by atoms with van der Waals surface area (Å²) < 4.78 is 0. The number of hydrogen-bond donors (Lipinski definition) is 2. The minimum atomic E-state index is -0.164. The van der Waals surface area contributed by atoms with Gasteiger partial charge in [0.05, 0.1) is 0 Å². The van der Waals surface area contributed by atoms with E-state index in [2.05, 4.69) is 29.1 Å². The Kier molecular flexibility index (Phi) is 6.82. The van der Waals surface area contributed by atoms with Crippen LogP contribution in [0.4, 0.5) is 5.69 Å². The molecule has 0 aliphatic heterocycles. The van der Waals surface area contributed by atoms with E-state index in [-0.39, 0.29) is 17.9 Å². The molecule has 0 saturated heterocycles. The van der Waals surface area contributed by atoms with Gasteiger partial charge in [0, 0.05) is 23.4 Å². The van der Waals surface area contributed by atoms with Crippen LogP contribution in [0.5, 0.6) is 0 Å². The molecule has 1 atom stereocenters. The predicted molar refractivity (Wildman–Crippen MR) is 103 cm³/mol. The van der Waals surface area contributed by atoms with Crippen molar-refractivity contribution in [1.82, 2.24) is 9.97 Å². The monoisotopic (exact) mass is 359 g/mol. The van der Waals surface area contributed by atoms with E-state index >= 15 is 0 Å². The number of thioether (sulfide) groups is 1. The number of amides is 1. The number of aryl methyl sites for hydroxylation is 1. The molecule has 25 heavy (non-hydrogen) atoms. The second-order valence-electron chi connectivity index (χ2n) is 6.12. The van der Waals surface area contributed by atoms with Crippen LogP contribution in [0.2, 0.25) is 0 Å². The Morgan fingerprint density at radius 1 is 1.32 bits per heavy atom. The van der Waals surface area contributed by atoms with E-state index in [1.165, 1.54) is 17.3 Å². The standard InChI is InChI=1S/C19H25N3O2S/c1-5-12(2)14-6-8-15(9-7-14)21-17(23)11-10-16-13(3)20-19(25-4)22-18(16)24/h6-9,12H,5,10-11H2,1-4H3,(H,21,23)(H,20,22,24)/t12-/m0/s1. The molecule has 6 heteroatoms. The maximum Gasteiger partial charge on any atom is 0.254 e. The second kappa shape index (κ2) is 8.85. The topological polar surface area (TPSA) is 74.8 Å². The number of nitrogens with one attached hydrogen (secondary N) is 2. The largest absolute Gasteiger partial charge is 0.326 e. The van der Waals surface area contributed by atoms with Crippen LogP contribution in [0.1, 0.15) is 49.4 Å². The van der Waals surface area contributed by atoms with Crippen LogP contribution in [0.3, 0.4) is 0 Å². The zero-order valence-electron chi connectivity index (χ0n) is 15.2. The van der Waals surface area contributed by atoms with E-state index in [0.717, 1.165) is 12.1 Å². The van der Waals surface area contributed by atoms with Crippen molar-refractivity contribution in [2.45, 2.75) is 51.1 Å². The molecule has 2 rings (SSSR count). The van der Waals surface area contributed by atoms with Gasteiger partial charge in [-0.05, 0) is 49.6 Å². The van der Waals surface area contributed by atoms with Crippen LogP contribution in [-0.4, -0.2) is 22.1 Å². The molecule has 0 spiro atoms. The smallest absolute Gasteiger partial charge is 0.254 e. The van der Waals surface area contributed by atoms with Gasteiger partial charge in [0.25, 0.3) is 5.56 Å². The molecular formula is C19H25N3O2S. The van der Waals surface area contributed by atoms with Crippen LogP contribution in [0, 0.1) is 6.92 Å². The molecule has 2 N–H and O–H groups in total. The fourth-order valence-electron chi connectivity index (χ4n) is 2.57. The molecule has 0 fully saturated rings. The van der Waals surface area contributed by atoms with Crippen molar-refractivity contribution in [2.75, 3.05) is 11.6 Å². The summed E-state index contributed by atoms with van der Waals surface area (Å²) in [7, 11) is 0. The van der Waals surface area contributed by atoms with Crippen molar-refractivity contribution >= 4 is 23.4 Å². The number of benzene rings is 1. The SMILES string of the molecule is CC[C@H](C)c1ccc(NC(=O)CCc2c(C)nc(SC)[nH]c2=O)cc1. The van der Waals surface area contributed by atoms with Crippen LogP contribution >= 0.6 is 11.8 Å². The number of anilines is 1. The fraction of sp³-hybridized carbons (Fsp3) is 0.421. The highest BCUT2D eigenvalue weighted by molar-refractivity contribution is 7.98. The van der Waals surface area contributed by atoms with Gasteiger partial charge in [-0.25, -0.2) is 4.98 Å². The van der Waals surface area contributed by atoms with E-state index in [1.54, 1.807) is 6.92 Å². The lowest BCUT2D eigenvalue weighted by molar-refractivity contribution is -0.116. The summed E-state index contributed by atoms with van der Waals surface area (Å²) in [6.07, 6.45) is 3.57. The van der Waals surface area contributed by atoms with Crippen molar-refractivity contribution in [3.8, 4) is 0 Å². The Bertz CT molecular complexity index is 784. The number of aromatic amines is 1. The van der Waals surface area contributed by atoms with Gasteiger partial charge >= 0.3 is 0 Å². The zero-order valence-corrected chi connectivity index (χ0v) is 16.0. The normalized spacial score (nSPS) is 12.0. The third-order valence-corrected chi connectivity index (χ3v) is 4.95. The number of nitrogens with zero attached hydrogens (tertiary/aromatic N) is 1. The molecule has 0 bridgehead atoms. The van der Waals surface area contributed by atoms with Crippen molar-refractivity contribution < 1.29 is 4.79 Å². The van der Waals surface area contributed by atoms with Crippen LogP contribution in [-0.2, 0) is 11.2 Å². The van der Waals surface area contributed by atoms with Crippen molar-refractivity contribution in [3.05, 3.63) is 51.4 Å². The Morgan fingerprint density at radius 2 is 2.00 bits per heavy atom. The molecule has 0 unspecified atom stereocenters. The predicted octanol–water partition coefficient (Wildman–Crippen LogP) is 3.89. The molecule has 1 aromatic carbocycles. The van der Waals surface area contributed by atoms with Gasteiger partial charge in [0.15, 0.2) is 5.16 Å². The summed E-state index contributed by atoms with van der Waals surface area (Å²) in [5.74, 6) is 0.403. The highest BCUT2D eigenvalue weighted by atomic mass is 32.2. The average molecular weight is 359 g/mol. The first kappa shape index (κ1) is 19.2. The third-order valence-electron chi connectivity index (χ3n) is 4.37. The summed E-state index contributed by atoms with van der Waals surface area (Å²) >= 11 is 1.39. The lowest BCUT2D eigenvalue weighted by Gasteiger charge is -2.11. The summed E-state index contributed by atoms with van der Waals surface area (Å²) in [6, 6.07) is 7.94. The maximum absolute atomic E-state index is 12.2. The highest BCUT2D eigenvalue weighted by Gasteiger charge is 2.11. The van der Waals surface area contributed by atoms with E-state index in [4.69, 9.17) is 0 Å². The van der Waals surface area contributed by atoms with Crippen molar-refractivity contribution in [2.24, 2.45) is 0 Å².